The number of carbonyl (C=O) groups excluding carboxylic acids is 2. The molecule has 3 aromatic carbocycles. The Morgan fingerprint density at radius 1 is 0.929 bits per heavy atom. The third kappa shape index (κ3) is 6.62. The first kappa shape index (κ1) is 29.2. The molecule has 1 N–H and O–H groups in total. The Morgan fingerprint density at radius 2 is 1.57 bits per heavy atom. The summed E-state index contributed by atoms with van der Waals surface area (Å²) in [5.41, 5.74) is 2.47. The van der Waals surface area contributed by atoms with Crippen LogP contribution in [0.4, 0.5) is 5.00 Å². The standard InChI is InChI=1S/C30H26N4O5S3/c1-2-39-29(36)27-24(21-12-6-3-7-13-21)18-40-28(27)31-26(35)19-41-30-33-32-25(34(30)22-14-8-4-9-15-22)20-42(37,38)23-16-10-5-11-17-23/h3-18H,2,19-20H2,1H3,(H,31,35). The van der Waals surface area contributed by atoms with Gasteiger partial charge in [-0.1, -0.05) is 78.5 Å². The monoisotopic (exact) mass is 618 g/mol. The number of thiophene rings is 1. The van der Waals surface area contributed by atoms with Gasteiger partial charge in [0.1, 0.15) is 16.3 Å². The zero-order valence-electron chi connectivity index (χ0n) is 22.5. The van der Waals surface area contributed by atoms with Crippen molar-refractivity contribution in [3.05, 3.63) is 108 Å². The van der Waals surface area contributed by atoms with Crippen molar-refractivity contribution in [2.75, 3.05) is 17.7 Å². The number of benzene rings is 3. The molecule has 0 spiro atoms. The number of amides is 1. The highest BCUT2D eigenvalue weighted by Gasteiger charge is 2.25. The second-order valence-electron chi connectivity index (χ2n) is 8.92. The molecule has 0 aliphatic heterocycles. The number of nitrogens with one attached hydrogen (secondary N) is 1. The van der Waals surface area contributed by atoms with Crippen molar-refractivity contribution in [1.82, 2.24) is 14.8 Å². The lowest BCUT2D eigenvalue weighted by Gasteiger charge is -2.11. The zero-order valence-corrected chi connectivity index (χ0v) is 24.9. The first-order chi connectivity index (χ1) is 20.4. The van der Waals surface area contributed by atoms with Crippen LogP contribution >= 0.6 is 23.1 Å². The van der Waals surface area contributed by atoms with Crippen LogP contribution in [0, 0.1) is 0 Å². The van der Waals surface area contributed by atoms with E-state index in [4.69, 9.17) is 4.74 Å². The van der Waals surface area contributed by atoms with Gasteiger partial charge in [-0.25, -0.2) is 13.2 Å². The lowest BCUT2D eigenvalue weighted by Crippen LogP contribution is -2.17. The third-order valence-corrected chi connectivity index (χ3v) is 9.53. The van der Waals surface area contributed by atoms with Gasteiger partial charge < -0.3 is 10.1 Å². The van der Waals surface area contributed by atoms with Gasteiger partial charge in [0, 0.05) is 16.6 Å². The number of hydrogen-bond donors (Lipinski definition) is 1. The number of carbonyl (C=O) groups is 2. The second-order valence-corrected chi connectivity index (χ2v) is 12.7. The van der Waals surface area contributed by atoms with E-state index in [1.807, 2.05) is 66.0 Å². The number of para-hydroxylation sites is 1. The molecule has 0 bridgehead atoms. The molecule has 0 aliphatic carbocycles. The van der Waals surface area contributed by atoms with E-state index in [2.05, 4.69) is 15.5 Å². The SMILES string of the molecule is CCOC(=O)c1c(-c2ccccc2)csc1NC(=O)CSc1nnc(CS(=O)(=O)c2ccccc2)n1-c1ccccc1. The Kier molecular flexibility index (Phi) is 9.15. The predicted octanol–water partition coefficient (Wildman–Crippen LogP) is 5.88. The van der Waals surface area contributed by atoms with Crippen molar-refractivity contribution < 1.29 is 22.7 Å². The van der Waals surface area contributed by atoms with Crippen LogP contribution in [-0.4, -0.2) is 47.4 Å². The van der Waals surface area contributed by atoms with E-state index in [0.29, 0.717) is 27.0 Å². The summed E-state index contributed by atoms with van der Waals surface area (Å²) >= 11 is 2.35. The molecule has 0 aliphatic rings. The topological polar surface area (TPSA) is 120 Å². The summed E-state index contributed by atoms with van der Waals surface area (Å²) in [6, 6.07) is 26.7. The van der Waals surface area contributed by atoms with Crippen LogP contribution < -0.4 is 5.32 Å². The minimum absolute atomic E-state index is 0.0583. The summed E-state index contributed by atoms with van der Waals surface area (Å²) in [7, 11) is -3.70. The van der Waals surface area contributed by atoms with E-state index in [1.54, 1.807) is 29.7 Å². The van der Waals surface area contributed by atoms with Crippen LogP contribution in [0.3, 0.4) is 0 Å². The average molecular weight is 619 g/mol. The van der Waals surface area contributed by atoms with Gasteiger partial charge in [-0.3, -0.25) is 9.36 Å². The van der Waals surface area contributed by atoms with Gasteiger partial charge in [0.25, 0.3) is 0 Å². The summed E-state index contributed by atoms with van der Waals surface area (Å²) in [6.45, 7) is 1.92. The van der Waals surface area contributed by atoms with Gasteiger partial charge >= 0.3 is 5.97 Å². The van der Waals surface area contributed by atoms with E-state index in [9.17, 15) is 18.0 Å². The Hall–Kier alpha value is -4.26. The van der Waals surface area contributed by atoms with Crippen molar-refractivity contribution >= 4 is 49.8 Å². The molecule has 1 amide bonds. The maximum atomic E-state index is 13.1. The summed E-state index contributed by atoms with van der Waals surface area (Å²) in [6.07, 6.45) is 0. The smallest absolute Gasteiger partial charge is 0.341 e. The molecule has 0 radical (unpaired) electrons. The number of nitrogens with zero attached hydrogens (tertiary/aromatic N) is 3. The minimum Gasteiger partial charge on any atom is -0.462 e. The molecular weight excluding hydrogens is 593 g/mol. The fourth-order valence-electron chi connectivity index (χ4n) is 4.18. The first-order valence-electron chi connectivity index (χ1n) is 12.9. The van der Waals surface area contributed by atoms with E-state index >= 15 is 0 Å². The van der Waals surface area contributed by atoms with Gasteiger partial charge in [0.2, 0.25) is 5.91 Å². The highest BCUT2D eigenvalue weighted by Crippen LogP contribution is 2.36. The molecule has 0 saturated heterocycles. The molecule has 0 atom stereocenters. The van der Waals surface area contributed by atoms with Crippen molar-refractivity contribution in [1.29, 1.82) is 0 Å². The summed E-state index contributed by atoms with van der Waals surface area (Å²) in [4.78, 5) is 26.1. The van der Waals surface area contributed by atoms with E-state index in [0.717, 1.165) is 17.3 Å². The Morgan fingerprint density at radius 3 is 2.24 bits per heavy atom. The average Bonchev–Trinajstić information content (AvgIpc) is 3.61. The number of rotatable bonds is 11. The van der Waals surface area contributed by atoms with Gasteiger partial charge in [-0.05, 0) is 36.8 Å². The molecule has 9 nitrogen and oxygen atoms in total. The molecule has 214 valence electrons. The van der Waals surface area contributed by atoms with Gasteiger partial charge in [-0.15, -0.1) is 21.5 Å². The molecule has 5 aromatic rings. The molecule has 0 saturated carbocycles. The lowest BCUT2D eigenvalue weighted by molar-refractivity contribution is -0.113. The predicted molar refractivity (Wildman–Crippen MR) is 164 cm³/mol. The van der Waals surface area contributed by atoms with Crippen molar-refractivity contribution in [3.8, 4) is 16.8 Å². The fourth-order valence-corrected chi connectivity index (χ4v) is 7.19. The zero-order chi connectivity index (χ0) is 29.5. The Balaban J connectivity index is 1.38. The van der Waals surface area contributed by atoms with E-state index < -0.39 is 15.8 Å². The molecule has 2 aromatic heterocycles. The van der Waals surface area contributed by atoms with E-state index in [1.165, 1.54) is 23.5 Å². The summed E-state index contributed by atoms with van der Waals surface area (Å²) in [5.74, 6) is -1.09. The molecule has 5 rings (SSSR count). The van der Waals surface area contributed by atoms with E-state index in [-0.39, 0.29) is 34.7 Å². The van der Waals surface area contributed by atoms with Crippen LogP contribution in [-0.2, 0) is 25.1 Å². The highest BCUT2D eigenvalue weighted by molar-refractivity contribution is 7.99. The lowest BCUT2D eigenvalue weighted by atomic mass is 10.0. The van der Waals surface area contributed by atoms with Crippen LogP contribution in [0.2, 0.25) is 0 Å². The van der Waals surface area contributed by atoms with Crippen LogP contribution in [0.5, 0.6) is 0 Å². The molecule has 2 heterocycles. The Bertz CT molecular complexity index is 1790. The molecule has 12 heteroatoms. The molecule has 0 unspecified atom stereocenters. The fraction of sp³-hybridized carbons (Fsp3) is 0.133. The van der Waals surface area contributed by atoms with Crippen molar-refractivity contribution in [2.24, 2.45) is 0 Å². The van der Waals surface area contributed by atoms with Crippen molar-refractivity contribution in [2.45, 2.75) is 22.7 Å². The number of aromatic nitrogens is 3. The summed E-state index contributed by atoms with van der Waals surface area (Å²) < 4.78 is 33.1. The largest absolute Gasteiger partial charge is 0.462 e. The normalized spacial score (nSPS) is 11.3. The molecule has 42 heavy (non-hydrogen) atoms. The second kappa shape index (κ2) is 13.1. The van der Waals surface area contributed by atoms with Gasteiger partial charge in [0.05, 0.1) is 17.3 Å². The van der Waals surface area contributed by atoms with Crippen LogP contribution in [0.15, 0.2) is 106 Å². The number of sulfone groups is 1. The maximum Gasteiger partial charge on any atom is 0.341 e. The Labute approximate surface area is 251 Å². The molecular formula is C30H26N4O5S3. The quantitative estimate of drug-likeness (QED) is 0.144. The minimum atomic E-state index is -3.70. The number of ether oxygens (including phenoxy) is 1. The van der Waals surface area contributed by atoms with Crippen LogP contribution in [0.25, 0.3) is 16.8 Å². The third-order valence-electron chi connectivity index (χ3n) is 6.08. The first-order valence-corrected chi connectivity index (χ1v) is 16.4. The van der Waals surface area contributed by atoms with Gasteiger partial charge in [0.15, 0.2) is 20.8 Å². The maximum absolute atomic E-state index is 13.1. The van der Waals surface area contributed by atoms with Crippen LogP contribution in [0.1, 0.15) is 23.1 Å². The highest BCUT2D eigenvalue weighted by atomic mass is 32.2. The summed E-state index contributed by atoms with van der Waals surface area (Å²) in [5, 5.41) is 13.8. The molecule has 0 fully saturated rings. The van der Waals surface area contributed by atoms with Gasteiger partial charge in [-0.2, -0.15) is 0 Å². The number of hydrogen-bond acceptors (Lipinski definition) is 9. The number of esters is 1. The van der Waals surface area contributed by atoms with Crippen molar-refractivity contribution in [3.63, 3.8) is 0 Å². The number of thioether (sulfide) groups is 1. The number of anilines is 1.